The highest BCUT2D eigenvalue weighted by molar-refractivity contribution is 6.33. The first-order valence-corrected chi connectivity index (χ1v) is 7.20. The maximum Gasteiger partial charge on any atom is 0.278 e. The zero-order chi connectivity index (χ0) is 16.2. The summed E-state index contributed by atoms with van der Waals surface area (Å²) in [5, 5.41) is 3.18. The zero-order valence-corrected chi connectivity index (χ0v) is 13.0. The van der Waals surface area contributed by atoms with Crippen LogP contribution in [0.3, 0.4) is 0 Å². The number of rotatable bonds is 4. The number of ether oxygens (including phenoxy) is 1. The largest absolute Gasteiger partial charge is 0.497 e. The van der Waals surface area contributed by atoms with Gasteiger partial charge in [-0.3, -0.25) is 4.79 Å². The summed E-state index contributed by atoms with van der Waals surface area (Å²) in [6.07, 6.45) is 1.23. The number of methoxy groups -OCH3 is 1. The molecule has 0 radical (unpaired) electrons. The van der Waals surface area contributed by atoms with Gasteiger partial charge >= 0.3 is 0 Å². The molecule has 1 N–H and O–H groups in total. The van der Waals surface area contributed by atoms with Crippen LogP contribution in [0.25, 0.3) is 11.3 Å². The van der Waals surface area contributed by atoms with Crippen LogP contribution in [0.1, 0.15) is 10.5 Å². The van der Waals surface area contributed by atoms with Crippen LogP contribution < -0.4 is 10.1 Å². The fourth-order valence-electron chi connectivity index (χ4n) is 2.12. The second-order valence-electron chi connectivity index (χ2n) is 4.70. The molecule has 0 aliphatic carbocycles. The van der Waals surface area contributed by atoms with Crippen LogP contribution in [0, 0.1) is 0 Å². The first kappa shape index (κ1) is 15.1. The fraction of sp³-hybridized carbons (Fsp3) is 0.0588. The Morgan fingerprint density at radius 2 is 2.04 bits per heavy atom. The summed E-state index contributed by atoms with van der Waals surface area (Å²) < 4.78 is 10.6. The second-order valence-corrected chi connectivity index (χ2v) is 5.10. The van der Waals surface area contributed by atoms with Gasteiger partial charge in [-0.1, -0.05) is 35.9 Å². The Labute approximate surface area is 137 Å². The van der Waals surface area contributed by atoms with Crippen molar-refractivity contribution in [3.63, 3.8) is 0 Å². The summed E-state index contributed by atoms with van der Waals surface area (Å²) in [5.74, 6) is 0.634. The smallest absolute Gasteiger partial charge is 0.278 e. The first-order chi connectivity index (χ1) is 11.2. The van der Waals surface area contributed by atoms with Gasteiger partial charge in [0, 0.05) is 5.56 Å². The van der Waals surface area contributed by atoms with E-state index in [1.165, 1.54) is 6.39 Å². The maximum atomic E-state index is 12.5. The molecule has 3 rings (SSSR count). The predicted octanol–water partition coefficient (Wildman–Crippen LogP) is 4.26. The number of nitrogens with zero attached hydrogens (tertiary/aromatic N) is 1. The number of para-hydroxylation sites is 1. The molecule has 2 aromatic carbocycles. The van der Waals surface area contributed by atoms with E-state index < -0.39 is 5.91 Å². The molecule has 6 heteroatoms. The summed E-state index contributed by atoms with van der Waals surface area (Å²) in [5.41, 5.74) is 1.39. The first-order valence-electron chi connectivity index (χ1n) is 6.83. The summed E-state index contributed by atoms with van der Waals surface area (Å²) in [4.78, 5) is 16.5. The SMILES string of the molecule is COc1cccc(-c2ocnc2C(=O)Nc2ccccc2Cl)c1. The van der Waals surface area contributed by atoms with Crippen molar-refractivity contribution < 1.29 is 13.9 Å². The molecule has 0 fully saturated rings. The van der Waals surface area contributed by atoms with Crippen LogP contribution >= 0.6 is 11.6 Å². The number of nitrogens with one attached hydrogen (secondary N) is 1. The van der Waals surface area contributed by atoms with Gasteiger partial charge in [-0.15, -0.1) is 0 Å². The number of carbonyl (C=O) groups is 1. The lowest BCUT2D eigenvalue weighted by Gasteiger charge is -2.07. The van der Waals surface area contributed by atoms with E-state index in [1.54, 1.807) is 37.4 Å². The average Bonchev–Trinajstić information content (AvgIpc) is 3.07. The van der Waals surface area contributed by atoms with Crippen LogP contribution in [-0.4, -0.2) is 18.0 Å². The lowest BCUT2D eigenvalue weighted by Crippen LogP contribution is -2.13. The molecule has 116 valence electrons. The average molecular weight is 329 g/mol. The normalized spacial score (nSPS) is 10.3. The van der Waals surface area contributed by atoms with Crippen LogP contribution in [0.4, 0.5) is 5.69 Å². The zero-order valence-electron chi connectivity index (χ0n) is 12.2. The van der Waals surface area contributed by atoms with Crippen molar-refractivity contribution in [3.05, 3.63) is 65.6 Å². The van der Waals surface area contributed by atoms with Crippen molar-refractivity contribution >= 4 is 23.2 Å². The maximum absolute atomic E-state index is 12.5. The molecule has 23 heavy (non-hydrogen) atoms. The van der Waals surface area contributed by atoms with Crippen molar-refractivity contribution in [2.24, 2.45) is 0 Å². The molecule has 0 unspecified atom stereocenters. The molecule has 5 nitrogen and oxygen atoms in total. The van der Waals surface area contributed by atoms with Crippen LogP contribution in [0.2, 0.25) is 5.02 Å². The Morgan fingerprint density at radius 1 is 1.22 bits per heavy atom. The number of hydrogen-bond acceptors (Lipinski definition) is 4. The monoisotopic (exact) mass is 328 g/mol. The number of oxazole rings is 1. The number of halogens is 1. The van der Waals surface area contributed by atoms with Gasteiger partial charge in [0.05, 0.1) is 17.8 Å². The molecule has 0 saturated carbocycles. The van der Waals surface area contributed by atoms with E-state index in [-0.39, 0.29) is 5.69 Å². The lowest BCUT2D eigenvalue weighted by atomic mass is 10.1. The molecule has 0 aliphatic heterocycles. The van der Waals surface area contributed by atoms with Gasteiger partial charge in [0.15, 0.2) is 17.8 Å². The Bertz CT molecular complexity index is 845. The van der Waals surface area contributed by atoms with Gasteiger partial charge in [-0.05, 0) is 24.3 Å². The van der Waals surface area contributed by atoms with E-state index in [0.29, 0.717) is 27.8 Å². The molecule has 0 spiro atoms. The van der Waals surface area contributed by atoms with Crippen molar-refractivity contribution in [3.8, 4) is 17.1 Å². The number of hydrogen-bond donors (Lipinski definition) is 1. The van der Waals surface area contributed by atoms with Crippen LogP contribution in [-0.2, 0) is 0 Å². The Kier molecular flexibility index (Phi) is 4.30. The molecular formula is C17H13ClN2O3. The molecule has 3 aromatic rings. The summed E-state index contributed by atoms with van der Waals surface area (Å²) in [7, 11) is 1.57. The van der Waals surface area contributed by atoms with Gasteiger partial charge < -0.3 is 14.5 Å². The number of carbonyl (C=O) groups excluding carboxylic acids is 1. The molecule has 0 aliphatic rings. The summed E-state index contributed by atoms with van der Waals surface area (Å²) in [6, 6.07) is 14.2. The van der Waals surface area contributed by atoms with Crippen LogP contribution in [0.15, 0.2) is 59.3 Å². The second kappa shape index (κ2) is 6.54. The standard InChI is InChI=1S/C17H13ClN2O3/c1-22-12-6-4-5-11(9-12)16-15(19-10-23-16)17(21)20-14-8-3-2-7-13(14)18/h2-10H,1H3,(H,20,21). The Hall–Kier alpha value is -2.79. The van der Waals surface area contributed by atoms with E-state index in [1.807, 2.05) is 18.2 Å². The minimum absolute atomic E-state index is 0.179. The van der Waals surface area contributed by atoms with E-state index in [0.717, 1.165) is 0 Å². The third-order valence-corrected chi connectivity index (χ3v) is 3.57. The molecule has 0 bridgehead atoms. The summed E-state index contributed by atoms with van der Waals surface area (Å²) >= 11 is 6.05. The van der Waals surface area contributed by atoms with E-state index >= 15 is 0 Å². The van der Waals surface area contributed by atoms with E-state index in [2.05, 4.69) is 10.3 Å². The third kappa shape index (κ3) is 3.19. The topological polar surface area (TPSA) is 64.4 Å². The van der Waals surface area contributed by atoms with Crippen LogP contribution in [0.5, 0.6) is 5.75 Å². The molecule has 1 amide bonds. The van der Waals surface area contributed by atoms with Crippen molar-refractivity contribution in [2.45, 2.75) is 0 Å². The number of benzene rings is 2. The molecule has 1 aromatic heterocycles. The quantitative estimate of drug-likeness (QED) is 0.777. The van der Waals surface area contributed by atoms with Crippen molar-refractivity contribution in [2.75, 3.05) is 12.4 Å². The van der Waals surface area contributed by atoms with Gasteiger partial charge in [0.1, 0.15) is 5.75 Å². The number of amides is 1. The highest BCUT2D eigenvalue weighted by Crippen LogP contribution is 2.28. The summed E-state index contributed by atoms with van der Waals surface area (Å²) in [6.45, 7) is 0. The molecule has 0 saturated heterocycles. The Morgan fingerprint density at radius 3 is 2.83 bits per heavy atom. The van der Waals surface area contributed by atoms with Crippen molar-refractivity contribution in [1.82, 2.24) is 4.98 Å². The minimum Gasteiger partial charge on any atom is -0.497 e. The number of aromatic nitrogens is 1. The van der Waals surface area contributed by atoms with Gasteiger partial charge in [-0.25, -0.2) is 4.98 Å². The van der Waals surface area contributed by atoms with Gasteiger partial charge in [-0.2, -0.15) is 0 Å². The minimum atomic E-state index is -0.398. The Balaban J connectivity index is 1.91. The van der Waals surface area contributed by atoms with Gasteiger partial charge in [0.25, 0.3) is 5.91 Å². The van der Waals surface area contributed by atoms with E-state index in [9.17, 15) is 4.79 Å². The molecule has 1 heterocycles. The predicted molar refractivity (Wildman–Crippen MR) is 87.9 cm³/mol. The third-order valence-electron chi connectivity index (χ3n) is 3.24. The molecule has 0 atom stereocenters. The van der Waals surface area contributed by atoms with Crippen molar-refractivity contribution in [1.29, 1.82) is 0 Å². The number of anilines is 1. The van der Waals surface area contributed by atoms with E-state index in [4.69, 9.17) is 20.8 Å². The fourth-order valence-corrected chi connectivity index (χ4v) is 2.30. The molecular weight excluding hydrogens is 316 g/mol. The van der Waals surface area contributed by atoms with Gasteiger partial charge in [0.2, 0.25) is 0 Å². The lowest BCUT2D eigenvalue weighted by molar-refractivity contribution is 0.102. The highest BCUT2D eigenvalue weighted by Gasteiger charge is 2.19. The highest BCUT2D eigenvalue weighted by atomic mass is 35.5.